The van der Waals surface area contributed by atoms with Gasteiger partial charge >= 0.3 is 0 Å². The number of benzene rings is 2. The Balaban J connectivity index is 1.90. The van der Waals surface area contributed by atoms with E-state index in [1.807, 2.05) is 32.0 Å². The Hall–Kier alpha value is -2.74. The number of rotatable bonds is 5. The summed E-state index contributed by atoms with van der Waals surface area (Å²) in [6.45, 7) is 6.24. The van der Waals surface area contributed by atoms with E-state index in [9.17, 15) is 13.2 Å². The van der Waals surface area contributed by atoms with E-state index in [0.29, 0.717) is 36.1 Å². The van der Waals surface area contributed by atoms with Gasteiger partial charge in [0.1, 0.15) is 19.3 Å². The third-order valence-electron chi connectivity index (χ3n) is 4.51. The van der Waals surface area contributed by atoms with Crippen molar-refractivity contribution >= 4 is 27.3 Å². The Kier molecular flexibility index (Phi) is 5.51. The molecule has 0 aromatic heterocycles. The van der Waals surface area contributed by atoms with Crippen molar-refractivity contribution < 1.29 is 22.7 Å². The van der Waals surface area contributed by atoms with Gasteiger partial charge < -0.3 is 14.8 Å². The predicted octanol–water partition coefficient (Wildman–Crippen LogP) is 2.87. The van der Waals surface area contributed by atoms with Gasteiger partial charge in [-0.05, 0) is 44.5 Å². The second-order valence-corrected chi connectivity index (χ2v) is 8.73. The van der Waals surface area contributed by atoms with E-state index in [2.05, 4.69) is 5.32 Å². The molecule has 7 nitrogen and oxygen atoms in total. The first-order chi connectivity index (χ1) is 13.2. The van der Waals surface area contributed by atoms with Gasteiger partial charge in [0.2, 0.25) is 15.9 Å². The van der Waals surface area contributed by atoms with E-state index >= 15 is 0 Å². The summed E-state index contributed by atoms with van der Waals surface area (Å²) >= 11 is 0. The van der Waals surface area contributed by atoms with Gasteiger partial charge in [0.05, 0.1) is 11.9 Å². The van der Waals surface area contributed by atoms with Crippen LogP contribution in [0.25, 0.3) is 0 Å². The van der Waals surface area contributed by atoms with Crippen LogP contribution < -0.4 is 19.1 Å². The summed E-state index contributed by atoms with van der Waals surface area (Å²) in [7, 11) is -3.72. The molecule has 1 heterocycles. The van der Waals surface area contributed by atoms with Crippen molar-refractivity contribution in [1.29, 1.82) is 0 Å². The van der Waals surface area contributed by atoms with Gasteiger partial charge in [-0.3, -0.25) is 9.10 Å². The van der Waals surface area contributed by atoms with Crippen LogP contribution in [0.5, 0.6) is 11.5 Å². The van der Waals surface area contributed by atoms with Crippen molar-refractivity contribution in [3.8, 4) is 11.5 Å². The van der Waals surface area contributed by atoms with Crippen LogP contribution in [0.15, 0.2) is 36.4 Å². The SMILES string of the molecule is Cc1ccc(NC(=O)[C@@H](C)N(c2ccc3c(c2)OCCO3)S(C)(=O)=O)c(C)c1. The Morgan fingerprint density at radius 1 is 1.07 bits per heavy atom. The molecule has 0 aliphatic carbocycles. The minimum atomic E-state index is -3.72. The summed E-state index contributed by atoms with van der Waals surface area (Å²) in [5, 5.41) is 2.82. The van der Waals surface area contributed by atoms with Crippen molar-refractivity contribution in [1.82, 2.24) is 0 Å². The first-order valence-corrected chi connectivity index (χ1v) is 10.8. The van der Waals surface area contributed by atoms with E-state index < -0.39 is 22.0 Å². The lowest BCUT2D eigenvalue weighted by Crippen LogP contribution is -2.45. The van der Waals surface area contributed by atoms with Crippen LogP contribution in [-0.4, -0.2) is 39.8 Å². The van der Waals surface area contributed by atoms with Crippen molar-refractivity contribution in [2.75, 3.05) is 29.1 Å². The number of nitrogens with zero attached hydrogens (tertiary/aromatic N) is 1. The number of hydrogen-bond donors (Lipinski definition) is 1. The number of carbonyl (C=O) groups is 1. The first kappa shape index (κ1) is 20.0. The number of carbonyl (C=O) groups excluding carboxylic acids is 1. The number of anilines is 2. The molecule has 0 saturated carbocycles. The van der Waals surface area contributed by atoms with Crippen molar-refractivity contribution in [2.45, 2.75) is 26.8 Å². The van der Waals surface area contributed by atoms with E-state index in [1.165, 1.54) is 0 Å². The molecule has 0 bridgehead atoms. The molecule has 0 fully saturated rings. The molecule has 8 heteroatoms. The number of amides is 1. The van der Waals surface area contributed by atoms with Crippen molar-refractivity contribution in [3.05, 3.63) is 47.5 Å². The second-order valence-electron chi connectivity index (χ2n) is 6.87. The van der Waals surface area contributed by atoms with Crippen LogP contribution in [0.4, 0.5) is 11.4 Å². The highest BCUT2D eigenvalue weighted by molar-refractivity contribution is 7.92. The third kappa shape index (κ3) is 4.22. The number of hydrogen-bond acceptors (Lipinski definition) is 5. The molecule has 1 aliphatic heterocycles. The Labute approximate surface area is 165 Å². The lowest BCUT2D eigenvalue weighted by Gasteiger charge is -2.29. The van der Waals surface area contributed by atoms with Crippen LogP contribution in [0.3, 0.4) is 0 Å². The molecule has 0 radical (unpaired) electrons. The molecule has 0 saturated heterocycles. The van der Waals surface area contributed by atoms with E-state index in [0.717, 1.165) is 21.7 Å². The monoisotopic (exact) mass is 404 g/mol. The van der Waals surface area contributed by atoms with Crippen LogP contribution in [0.1, 0.15) is 18.1 Å². The summed E-state index contributed by atoms with van der Waals surface area (Å²) in [4.78, 5) is 12.8. The number of ether oxygens (including phenoxy) is 2. The van der Waals surface area contributed by atoms with Gasteiger partial charge in [0.25, 0.3) is 0 Å². The van der Waals surface area contributed by atoms with Crippen LogP contribution in [0, 0.1) is 13.8 Å². The van der Waals surface area contributed by atoms with Gasteiger partial charge in [0, 0.05) is 11.8 Å². The third-order valence-corrected chi connectivity index (χ3v) is 5.75. The zero-order valence-electron chi connectivity index (χ0n) is 16.4. The summed E-state index contributed by atoms with van der Waals surface area (Å²) in [6, 6.07) is 9.53. The average molecular weight is 404 g/mol. The number of aryl methyl sites for hydroxylation is 2. The summed E-state index contributed by atoms with van der Waals surface area (Å²) in [6.07, 6.45) is 1.07. The molecular formula is C20H24N2O5S. The fraction of sp³-hybridized carbons (Fsp3) is 0.350. The van der Waals surface area contributed by atoms with E-state index in [1.54, 1.807) is 25.1 Å². The maximum absolute atomic E-state index is 12.8. The lowest BCUT2D eigenvalue weighted by molar-refractivity contribution is -0.116. The zero-order valence-corrected chi connectivity index (χ0v) is 17.2. The lowest BCUT2D eigenvalue weighted by atomic mass is 10.1. The fourth-order valence-electron chi connectivity index (χ4n) is 3.17. The standard InChI is InChI=1S/C20H24N2O5S/c1-13-5-7-17(14(2)11-13)21-20(23)15(3)22(28(4,24)25)16-6-8-18-19(12-16)27-10-9-26-18/h5-8,11-12,15H,9-10H2,1-4H3,(H,21,23)/t15-/m1/s1. The quantitative estimate of drug-likeness (QED) is 0.828. The number of sulfonamides is 1. The molecule has 150 valence electrons. The average Bonchev–Trinajstić information content (AvgIpc) is 2.62. The maximum atomic E-state index is 12.8. The molecule has 3 rings (SSSR count). The molecule has 1 amide bonds. The predicted molar refractivity (Wildman–Crippen MR) is 109 cm³/mol. The molecule has 1 atom stereocenters. The molecule has 1 N–H and O–H groups in total. The molecule has 2 aromatic rings. The smallest absolute Gasteiger partial charge is 0.248 e. The molecule has 28 heavy (non-hydrogen) atoms. The van der Waals surface area contributed by atoms with Gasteiger partial charge in [-0.2, -0.15) is 0 Å². The van der Waals surface area contributed by atoms with E-state index in [4.69, 9.17) is 9.47 Å². The maximum Gasteiger partial charge on any atom is 0.248 e. The van der Waals surface area contributed by atoms with Gasteiger partial charge in [0.15, 0.2) is 11.5 Å². The minimum Gasteiger partial charge on any atom is -0.486 e. The zero-order chi connectivity index (χ0) is 20.5. The van der Waals surface area contributed by atoms with Gasteiger partial charge in [-0.1, -0.05) is 17.7 Å². The number of fused-ring (bicyclic) bond motifs is 1. The number of nitrogens with one attached hydrogen (secondary N) is 1. The molecule has 0 unspecified atom stereocenters. The fourth-order valence-corrected chi connectivity index (χ4v) is 4.34. The highest BCUT2D eigenvalue weighted by atomic mass is 32.2. The summed E-state index contributed by atoms with van der Waals surface area (Å²) in [5.74, 6) is 0.586. The molecule has 1 aliphatic rings. The van der Waals surface area contributed by atoms with E-state index in [-0.39, 0.29) is 0 Å². The normalized spacial score (nSPS) is 14.3. The van der Waals surface area contributed by atoms with Crippen molar-refractivity contribution in [2.24, 2.45) is 0 Å². The molecule has 0 spiro atoms. The first-order valence-electron chi connectivity index (χ1n) is 8.94. The van der Waals surface area contributed by atoms with Crippen LogP contribution >= 0.6 is 0 Å². The summed E-state index contributed by atoms with van der Waals surface area (Å²) in [5.41, 5.74) is 2.98. The van der Waals surface area contributed by atoms with Gasteiger partial charge in [-0.15, -0.1) is 0 Å². The topological polar surface area (TPSA) is 84.9 Å². The van der Waals surface area contributed by atoms with Gasteiger partial charge in [-0.25, -0.2) is 8.42 Å². The highest BCUT2D eigenvalue weighted by Gasteiger charge is 2.30. The minimum absolute atomic E-state index is 0.343. The van der Waals surface area contributed by atoms with Crippen molar-refractivity contribution in [3.63, 3.8) is 0 Å². The Morgan fingerprint density at radius 2 is 1.75 bits per heavy atom. The highest BCUT2D eigenvalue weighted by Crippen LogP contribution is 2.35. The summed E-state index contributed by atoms with van der Waals surface area (Å²) < 4.78 is 37.1. The Bertz CT molecular complexity index is 1000. The second kappa shape index (κ2) is 7.71. The van der Waals surface area contributed by atoms with Crippen LogP contribution in [0.2, 0.25) is 0 Å². The van der Waals surface area contributed by atoms with Crippen LogP contribution in [-0.2, 0) is 14.8 Å². The Morgan fingerprint density at radius 3 is 2.39 bits per heavy atom. The largest absolute Gasteiger partial charge is 0.486 e. The molecular weight excluding hydrogens is 380 g/mol. The molecule has 2 aromatic carbocycles.